The van der Waals surface area contributed by atoms with Crippen LogP contribution in [0.15, 0.2) is 72.8 Å². The molecule has 0 saturated heterocycles. The molecule has 0 bridgehead atoms. The number of carbonyl (C=O) groups is 1. The van der Waals surface area contributed by atoms with Crippen LogP contribution in [0.1, 0.15) is 36.0 Å². The van der Waals surface area contributed by atoms with Crippen LogP contribution >= 0.6 is 11.6 Å². The second-order valence-electron chi connectivity index (χ2n) is 7.64. The van der Waals surface area contributed by atoms with Gasteiger partial charge in [0.15, 0.2) is 0 Å². The van der Waals surface area contributed by atoms with E-state index in [0.29, 0.717) is 17.3 Å². The predicted molar refractivity (Wildman–Crippen MR) is 127 cm³/mol. The third-order valence-corrected chi connectivity index (χ3v) is 5.57. The number of aromatic nitrogens is 2. The lowest BCUT2D eigenvalue weighted by molar-refractivity contribution is 0.233. The van der Waals surface area contributed by atoms with E-state index >= 15 is 0 Å². The van der Waals surface area contributed by atoms with Gasteiger partial charge >= 0.3 is 6.03 Å². The first-order valence-electron chi connectivity index (χ1n) is 10.4. The summed E-state index contributed by atoms with van der Waals surface area (Å²) in [6, 6.07) is 22.2. The molecule has 0 saturated carbocycles. The quantitative estimate of drug-likeness (QED) is 0.346. The van der Waals surface area contributed by atoms with Crippen LogP contribution in [0, 0.1) is 0 Å². The van der Waals surface area contributed by atoms with E-state index in [1.165, 1.54) is 0 Å². The molecule has 4 aromatic rings. The zero-order chi connectivity index (χ0) is 22.5. The molecule has 2 amide bonds. The third-order valence-electron chi connectivity index (χ3n) is 5.34. The van der Waals surface area contributed by atoms with Crippen molar-refractivity contribution in [3.8, 4) is 5.75 Å². The number of carbonyl (C=O) groups excluding carboxylic acids is 1. The van der Waals surface area contributed by atoms with Crippen LogP contribution in [-0.4, -0.2) is 23.1 Å². The molecule has 1 aromatic heterocycles. The van der Waals surface area contributed by atoms with Crippen molar-refractivity contribution in [3.63, 3.8) is 0 Å². The average molecular weight is 449 g/mol. The van der Waals surface area contributed by atoms with E-state index in [9.17, 15) is 4.79 Å². The van der Waals surface area contributed by atoms with E-state index in [1.807, 2.05) is 79.7 Å². The fourth-order valence-corrected chi connectivity index (χ4v) is 3.81. The van der Waals surface area contributed by atoms with E-state index in [1.54, 1.807) is 7.11 Å². The molecule has 0 unspecified atom stereocenters. The molecule has 0 radical (unpaired) electrons. The van der Waals surface area contributed by atoms with Crippen molar-refractivity contribution >= 4 is 28.7 Å². The molecule has 2 atom stereocenters. The van der Waals surface area contributed by atoms with Crippen molar-refractivity contribution in [3.05, 3.63) is 94.8 Å². The number of para-hydroxylation sites is 2. The van der Waals surface area contributed by atoms with Gasteiger partial charge in [0.05, 0.1) is 30.2 Å². The standard InChI is InChI=1S/C25H25ClN4O2/c1-16(18-6-5-7-19(26)15-18)27-25(31)30-23(14-17-10-12-20(32-2)13-11-17)24-28-21-8-3-4-9-22(21)29-24/h3-13,15-16,23H,14H2,1-2H3,(H,28,29)(H2,27,30,31)/t16-,23-/m1/s1. The number of urea groups is 1. The Balaban J connectivity index is 1.54. The van der Waals surface area contributed by atoms with Crippen LogP contribution in [0.25, 0.3) is 11.0 Å². The molecule has 0 aliphatic heterocycles. The number of fused-ring (bicyclic) bond motifs is 1. The summed E-state index contributed by atoms with van der Waals surface area (Å²) in [5.41, 5.74) is 3.77. The van der Waals surface area contributed by atoms with Crippen LogP contribution < -0.4 is 15.4 Å². The van der Waals surface area contributed by atoms with Crippen LogP contribution in [0.3, 0.4) is 0 Å². The number of nitrogens with zero attached hydrogens (tertiary/aromatic N) is 1. The number of H-pyrrole nitrogens is 1. The maximum absolute atomic E-state index is 12.9. The Labute approximate surface area is 192 Å². The van der Waals surface area contributed by atoms with Gasteiger partial charge in [0, 0.05) is 5.02 Å². The van der Waals surface area contributed by atoms with Gasteiger partial charge in [-0.3, -0.25) is 0 Å². The molecule has 3 aromatic carbocycles. The SMILES string of the molecule is COc1ccc(C[C@@H](NC(=O)N[C@H](C)c2cccc(Cl)c2)c2nc3ccccc3[nH]2)cc1. The largest absolute Gasteiger partial charge is 0.497 e. The van der Waals surface area contributed by atoms with Crippen LogP contribution in [0.2, 0.25) is 5.02 Å². The van der Waals surface area contributed by atoms with Crippen molar-refractivity contribution in [1.29, 1.82) is 0 Å². The van der Waals surface area contributed by atoms with Gasteiger partial charge in [-0.2, -0.15) is 0 Å². The van der Waals surface area contributed by atoms with Gasteiger partial charge in [0.2, 0.25) is 0 Å². The Morgan fingerprint density at radius 2 is 1.84 bits per heavy atom. The predicted octanol–water partition coefficient (Wildman–Crippen LogP) is 5.57. The molecule has 0 fully saturated rings. The highest BCUT2D eigenvalue weighted by Crippen LogP contribution is 2.22. The molecule has 7 heteroatoms. The van der Waals surface area contributed by atoms with Gasteiger partial charge in [-0.25, -0.2) is 9.78 Å². The number of rotatable bonds is 7. The second kappa shape index (κ2) is 9.75. The summed E-state index contributed by atoms with van der Waals surface area (Å²) in [4.78, 5) is 20.9. The molecular weight excluding hydrogens is 424 g/mol. The van der Waals surface area contributed by atoms with Gasteiger partial charge in [-0.05, 0) is 60.9 Å². The maximum Gasteiger partial charge on any atom is 0.315 e. The van der Waals surface area contributed by atoms with E-state index in [0.717, 1.165) is 27.9 Å². The molecule has 32 heavy (non-hydrogen) atoms. The zero-order valence-electron chi connectivity index (χ0n) is 17.9. The molecule has 0 spiro atoms. The normalized spacial score (nSPS) is 12.8. The monoisotopic (exact) mass is 448 g/mol. The molecule has 3 N–H and O–H groups in total. The molecule has 0 aliphatic carbocycles. The first-order chi connectivity index (χ1) is 15.5. The van der Waals surface area contributed by atoms with Gasteiger partial charge in [0.1, 0.15) is 11.6 Å². The number of hydrogen-bond donors (Lipinski definition) is 3. The van der Waals surface area contributed by atoms with Crippen molar-refractivity contribution in [2.45, 2.75) is 25.4 Å². The summed E-state index contributed by atoms with van der Waals surface area (Å²) in [6.07, 6.45) is 0.572. The number of ether oxygens (including phenoxy) is 1. The van der Waals surface area contributed by atoms with Crippen molar-refractivity contribution in [2.75, 3.05) is 7.11 Å². The molecule has 0 aliphatic rings. The van der Waals surface area contributed by atoms with Crippen LogP contribution in [0.5, 0.6) is 5.75 Å². The Morgan fingerprint density at radius 3 is 2.56 bits per heavy atom. The Bertz CT molecular complexity index is 1170. The smallest absolute Gasteiger partial charge is 0.315 e. The minimum atomic E-state index is -0.345. The van der Waals surface area contributed by atoms with E-state index in [2.05, 4.69) is 15.6 Å². The number of hydrogen-bond acceptors (Lipinski definition) is 3. The number of aromatic amines is 1. The lowest BCUT2D eigenvalue weighted by Crippen LogP contribution is -2.40. The van der Waals surface area contributed by atoms with Crippen LogP contribution in [-0.2, 0) is 6.42 Å². The number of halogens is 1. The van der Waals surface area contributed by atoms with E-state index in [-0.39, 0.29) is 18.1 Å². The minimum absolute atomic E-state index is 0.203. The lowest BCUT2D eigenvalue weighted by Gasteiger charge is -2.20. The molecular formula is C25H25ClN4O2. The summed E-state index contributed by atoms with van der Waals surface area (Å²) >= 11 is 6.09. The summed E-state index contributed by atoms with van der Waals surface area (Å²) in [5.74, 6) is 1.49. The minimum Gasteiger partial charge on any atom is -0.497 e. The second-order valence-corrected chi connectivity index (χ2v) is 8.07. The van der Waals surface area contributed by atoms with Gasteiger partial charge < -0.3 is 20.4 Å². The molecule has 6 nitrogen and oxygen atoms in total. The number of nitrogens with one attached hydrogen (secondary N) is 3. The highest BCUT2D eigenvalue weighted by atomic mass is 35.5. The van der Waals surface area contributed by atoms with Crippen molar-refractivity contribution in [2.24, 2.45) is 0 Å². The first-order valence-corrected chi connectivity index (χ1v) is 10.8. The van der Waals surface area contributed by atoms with Gasteiger partial charge in [-0.1, -0.05) is 48.0 Å². The highest BCUT2D eigenvalue weighted by Gasteiger charge is 2.20. The van der Waals surface area contributed by atoms with Gasteiger partial charge in [0.25, 0.3) is 0 Å². The topological polar surface area (TPSA) is 79.0 Å². The van der Waals surface area contributed by atoms with E-state index < -0.39 is 0 Å². The fraction of sp³-hybridized carbons (Fsp3) is 0.200. The summed E-state index contributed by atoms with van der Waals surface area (Å²) in [7, 11) is 1.64. The van der Waals surface area contributed by atoms with Crippen LogP contribution in [0.4, 0.5) is 4.79 Å². The molecule has 1 heterocycles. The fourth-order valence-electron chi connectivity index (χ4n) is 3.61. The maximum atomic E-state index is 12.9. The number of benzene rings is 3. The van der Waals surface area contributed by atoms with E-state index in [4.69, 9.17) is 21.3 Å². The molecule has 4 rings (SSSR count). The van der Waals surface area contributed by atoms with Gasteiger partial charge in [-0.15, -0.1) is 0 Å². The average Bonchev–Trinajstić information content (AvgIpc) is 3.23. The zero-order valence-corrected chi connectivity index (χ0v) is 18.7. The number of amides is 2. The number of imidazole rings is 1. The molecule has 164 valence electrons. The lowest BCUT2D eigenvalue weighted by atomic mass is 10.1. The Hall–Kier alpha value is -3.51. The third kappa shape index (κ3) is 5.21. The summed E-state index contributed by atoms with van der Waals surface area (Å²) < 4.78 is 5.25. The van der Waals surface area contributed by atoms with Crippen molar-refractivity contribution < 1.29 is 9.53 Å². The number of methoxy groups -OCH3 is 1. The van der Waals surface area contributed by atoms with Crippen molar-refractivity contribution in [1.82, 2.24) is 20.6 Å². The Kier molecular flexibility index (Phi) is 6.61. The Morgan fingerprint density at radius 1 is 1.06 bits per heavy atom. The summed E-state index contributed by atoms with van der Waals surface area (Å²) in [5, 5.41) is 6.71. The highest BCUT2D eigenvalue weighted by molar-refractivity contribution is 6.30. The summed E-state index contributed by atoms with van der Waals surface area (Å²) in [6.45, 7) is 1.92. The first kappa shape index (κ1) is 21.7.